The summed E-state index contributed by atoms with van der Waals surface area (Å²) in [5.41, 5.74) is 2.66. The first kappa shape index (κ1) is 24.9. The number of morpholine rings is 1. The van der Waals surface area contributed by atoms with E-state index in [2.05, 4.69) is 16.3 Å². The van der Waals surface area contributed by atoms with Crippen LogP contribution < -0.4 is 10.2 Å². The molecule has 1 aromatic heterocycles. The number of carbonyl (C=O) groups excluding carboxylic acids is 3. The quantitative estimate of drug-likeness (QED) is 0.606. The van der Waals surface area contributed by atoms with E-state index in [0.717, 1.165) is 35.4 Å². The maximum Gasteiger partial charge on any atom is 0.309 e. The lowest BCUT2D eigenvalue weighted by Crippen LogP contribution is -2.40. The predicted octanol–water partition coefficient (Wildman–Crippen LogP) is 2.90. The molecule has 0 atom stereocenters. The molecule has 9 nitrogen and oxygen atoms in total. The van der Waals surface area contributed by atoms with E-state index in [4.69, 9.17) is 14.5 Å². The fraction of sp³-hybridized carbons (Fsp3) is 0.538. The Kier molecular flexibility index (Phi) is 8.17. The second kappa shape index (κ2) is 11.5. The first-order valence-corrected chi connectivity index (χ1v) is 12.4. The molecule has 35 heavy (non-hydrogen) atoms. The third-order valence-corrected chi connectivity index (χ3v) is 6.65. The van der Waals surface area contributed by atoms with E-state index >= 15 is 0 Å². The summed E-state index contributed by atoms with van der Waals surface area (Å²) < 4.78 is 10.5. The molecule has 1 N–H and O–H groups in total. The van der Waals surface area contributed by atoms with Crippen molar-refractivity contribution >= 4 is 40.2 Å². The highest BCUT2D eigenvalue weighted by Crippen LogP contribution is 2.26. The number of nitrogens with one attached hydrogen (secondary N) is 1. The van der Waals surface area contributed by atoms with Crippen molar-refractivity contribution in [1.29, 1.82) is 0 Å². The van der Waals surface area contributed by atoms with Crippen LogP contribution in [0.2, 0.25) is 0 Å². The van der Waals surface area contributed by atoms with Crippen LogP contribution in [0.3, 0.4) is 0 Å². The smallest absolute Gasteiger partial charge is 0.309 e. The number of pyridine rings is 1. The summed E-state index contributed by atoms with van der Waals surface area (Å²) in [6, 6.07) is 7.77. The van der Waals surface area contributed by atoms with Gasteiger partial charge in [-0.15, -0.1) is 0 Å². The molecule has 0 bridgehead atoms. The van der Waals surface area contributed by atoms with Crippen molar-refractivity contribution in [2.75, 3.05) is 56.2 Å². The Hall–Kier alpha value is -3.20. The highest BCUT2D eigenvalue weighted by atomic mass is 16.5. The summed E-state index contributed by atoms with van der Waals surface area (Å²) in [6.07, 6.45) is 1.47. The zero-order chi connectivity index (χ0) is 24.8. The molecule has 2 aromatic rings. The minimum absolute atomic E-state index is 0.0587. The van der Waals surface area contributed by atoms with Crippen molar-refractivity contribution in [3.8, 4) is 0 Å². The van der Waals surface area contributed by atoms with Crippen molar-refractivity contribution in [2.24, 2.45) is 5.92 Å². The molecule has 2 amide bonds. The van der Waals surface area contributed by atoms with Gasteiger partial charge in [-0.1, -0.05) is 0 Å². The standard InChI is InChI=1S/C26H34N4O5/c1-3-35-26(33)19-8-10-30(11-9-19)25(32)7-6-24(31)27-20-4-5-22-21(17-20)18(2)16-23(28-22)29-12-14-34-15-13-29/h4-5,16-17,19H,3,6-15H2,1-2H3,(H,27,31). The number of hydrogen-bond donors (Lipinski definition) is 1. The second-order valence-corrected chi connectivity index (χ2v) is 9.08. The van der Waals surface area contributed by atoms with Gasteiger partial charge in [0.1, 0.15) is 5.82 Å². The molecule has 2 fully saturated rings. The Morgan fingerprint density at radius 3 is 2.54 bits per heavy atom. The van der Waals surface area contributed by atoms with Crippen LogP contribution in [0.1, 0.15) is 38.2 Å². The van der Waals surface area contributed by atoms with Crippen LogP contribution in [0.5, 0.6) is 0 Å². The maximum atomic E-state index is 12.5. The second-order valence-electron chi connectivity index (χ2n) is 9.08. The number of anilines is 2. The molecule has 188 valence electrons. The number of aromatic nitrogens is 1. The Morgan fingerprint density at radius 1 is 1.09 bits per heavy atom. The number of likely N-dealkylation sites (tertiary alicyclic amines) is 1. The lowest BCUT2D eigenvalue weighted by atomic mass is 9.96. The summed E-state index contributed by atoms with van der Waals surface area (Å²) in [7, 11) is 0. The van der Waals surface area contributed by atoms with Gasteiger partial charge in [-0.05, 0) is 56.5 Å². The number of fused-ring (bicyclic) bond motifs is 1. The van der Waals surface area contributed by atoms with Gasteiger partial charge in [-0.3, -0.25) is 14.4 Å². The number of ether oxygens (including phenoxy) is 2. The van der Waals surface area contributed by atoms with E-state index < -0.39 is 0 Å². The number of aryl methyl sites for hydroxylation is 1. The first-order valence-electron chi connectivity index (χ1n) is 12.4. The molecular formula is C26H34N4O5. The minimum Gasteiger partial charge on any atom is -0.466 e. The zero-order valence-corrected chi connectivity index (χ0v) is 20.5. The van der Waals surface area contributed by atoms with Crippen LogP contribution in [-0.2, 0) is 23.9 Å². The van der Waals surface area contributed by atoms with Gasteiger partial charge in [0.2, 0.25) is 11.8 Å². The Labute approximate surface area is 205 Å². The van der Waals surface area contributed by atoms with Crippen molar-refractivity contribution in [1.82, 2.24) is 9.88 Å². The van der Waals surface area contributed by atoms with Gasteiger partial charge < -0.3 is 24.6 Å². The number of piperidine rings is 1. The molecule has 4 rings (SSSR count). The maximum absolute atomic E-state index is 12.5. The van der Waals surface area contributed by atoms with Crippen LogP contribution >= 0.6 is 0 Å². The lowest BCUT2D eigenvalue weighted by Gasteiger charge is -2.30. The summed E-state index contributed by atoms with van der Waals surface area (Å²) in [5.74, 6) is 0.362. The summed E-state index contributed by atoms with van der Waals surface area (Å²) in [6.45, 7) is 8.32. The average Bonchev–Trinajstić information content (AvgIpc) is 2.88. The third-order valence-electron chi connectivity index (χ3n) is 6.65. The molecule has 0 aliphatic carbocycles. The number of nitrogens with zero attached hydrogens (tertiary/aromatic N) is 3. The molecule has 0 saturated carbocycles. The SMILES string of the molecule is CCOC(=O)C1CCN(C(=O)CCC(=O)Nc2ccc3nc(N4CCOCC4)cc(C)c3c2)CC1. The topological polar surface area (TPSA) is 101 Å². The Balaban J connectivity index is 1.29. The van der Waals surface area contributed by atoms with Gasteiger partial charge >= 0.3 is 5.97 Å². The van der Waals surface area contributed by atoms with E-state index in [1.807, 2.05) is 25.1 Å². The van der Waals surface area contributed by atoms with Gasteiger partial charge in [0, 0.05) is 50.1 Å². The van der Waals surface area contributed by atoms with Gasteiger partial charge in [-0.2, -0.15) is 0 Å². The summed E-state index contributed by atoms with van der Waals surface area (Å²) >= 11 is 0. The monoisotopic (exact) mass is 482 g/mol. The molecule has 0 radical (unpaired) electrons. The Morgan fingerprint density at radius 2 is 1.83 bits per heavy atom. The predicted molar refractivity (Wildman–Crippen MR) is 133 cm³/mol. The molecular weight excluding hydrogens is 448 g/mol. The number of hydrogen-bond acceptors (Lipinski definition) is 7. The van der Waals surface area contributed by atoms with Crippen molar-refractivity contribution in [3.05, 3.63) is 29.8 Å². The molecule has 9 heteroatoms. The molecule has 2 saturated heterocycles. The average molecular weight is 483 g/mol. The van der Waals surface area contributed by atoms with Crippen molar-refractivity contribution in [3.63, 3.8) is 0 Å². The highest BCUT2D eigenvalue weighted by Gasteiger charge is 2.28. The van der Waals surface area contributed by atoms with Crippen molar-refractivity contribution in [2.45, 2.75) is 39.5 Å². The van der Waals surface area contributed by atoms with Gasteiger partial charge in [0.25, 0.3) is 0 Å². The Bertz CT molecular complexity index is 1070. The van der Waals surface area contributed by atoms with Crippen molar-refractivity contribution < 1.29 is 23.9 Å². The van der Waals surface area contributed by atoms with Crippen LogP contribution in [0.15, 0.2) is 24.3 Å². The minimum atomic E-state index is -0.199. The molecule has 1 aromatic carbocycles. The number of amides is 2. The van der Waals surface area contributed by atoms with E-state index in [0.29, 0.717) is 51.4 Å². The highest BCUT2D eigenvalue weighted by molar-refractivity contribution is 5.96. The fourth-order valence-corrected chi connectivity index (χ4v) is 4.64. The van der Waals surface area contributed by atoms with Crippen LogP contribution in [-0.4, -0.2) is 73.7 Å². The molecule has 3 heterocycles. The lowest BCUT2D eigenvalue weighted by molar-refractivity contribution is -0.151. The fourth-order valence-electron chi connectivity index (χ4n) is 4.64. The first-order chi connectivity index (χ1) is 16.9. The normalized spacial score (nSPS) is 16.9. The third kappa shape index (κ3) is 6.28. The molecule has 0 spiro atoms. The summed E-state index contributed by atoms with van der Waals surface area (Å²) in [4.78, 5) is 45.7. The van der Waals surface area contributed by atoms with Gasteiger partial charge in [0.15, 0.2) is 0 Å². The van der Waals surface area contributed by atoms with E-state index in [-0.39, 0.29) is 36.5 Å². The molecule has 2 aliphatic rings. The number of esters is 1. The van der Waals surface area contributed by atoms with Gasteiger partial charge in [-0.25, -0.2) is 4.98 Å². The van der Waals surface area contributed by atoms with Crippen LogP contribution in [0.25, 0.3) is 10.9 Å². The summed E-state index contributed by atoms with van der Waals surface area (Å²) in [5, 5.41) is 3.89. The number of benzene rings is 1. The van der Waals surface area contributed by atoms with Crippen LogP contribution in [0, 0.1) is 12.8 Å². The van der Waals surface area contributed by atoms with E-state index in [1.165, 1.54) is 0 Å². The largest absolute Gasteiger partial charge is 0.466 e. The van der Waals surface area contributed by atoms with Crippen LogP contribution in [0.4, 0.5) is 11.5 Å². The zero-order valence-electron chi connectivity index (χ0n) is 20.5. The van der Waals surface area contributed by atoms with E-state index in [1.54, 1.807) is 11.8 Å². The molecule has 0 unspecified atom stereocenters. The number of rotatable bonds is 7. The van der Waals surface area contributed by atoms with Gasteiger partial charge in [0.05, 0.1) is 31.3 Å². The number of carbonyl (C=O) groups is 3. The molecule has 2 aliphatic heterocycles. The van der Waals surface area contributed by atoms with E-state index in [9.17, 15) is 14.4 Å².